The standard InChI is InChI=1S/C15H17NO3/c1-2-12-5-3-6-13(9-12)19-11-15(17)16-10-14-7-4-8-18-14/h3-9H,2,10-11H2,1H3,(H,16,17). The summed E-state index contributed by atoms with van der Waals surface area (Å²) in [6.07, 6.45) is 2.52. The smallest absolute Gasteiger partial charge is 0.258 e. The second-order valence-electron chi connectivity index (χ2n) is 4.15. The van der Waals surface area contributed by atoms with E-state index in [1.807, 2.05) is 30.3 Å². The van der Waals surface area contributed by atoms with Crippen LogP contribution in [-0.2, 0) is 17.8 Å². The summed E-state index contributed by atoms with van der Waals surface area (Å²) in [6, 6.07) is 11.3. The van der Waals surface area contributed by atoms with Crippen molar-refractivity contribution >= 4 is 5.91 Å². The lowest BCUT2D eigenvalue weighted by atomic mass is 10.2. The molecule has 0 aliphatic carbocycles. The Morgan fingerprint density at radius 3 is 2.95 bits per heavy atom. The molecular formula is C15H17NO3. The van der Waals surface area contributed by atoms with Crippen LogP contribution in [-0.4, -0.2) is 12.5 Å². The number of furan rings is 1. The number of hydrogen-bond acceptors (Lipinski definition) is 3. The number of carbonyl (C=O) groups excluding carboxylic acids is 1. The molecule has 0 atom stereocenters. The first-order valence-corrected chi connectivity index (χ1v) is 6.28. The first-order valence-electron chi connectivity index (χ1n) is 6.28. The van der Waals surface area contributed by atoms with Gasteiger partial charge in [0.25, 0.3) is 5.91 Å². The van der Waals surface area contributed by atoms with Crippen molar-refractivity contribution < 1.29 is 13.9 Å². The van der Waals surface area contributed by atoms with Gasteiger partial charge < -0.3 is 14.5 Å². The Labute approximate surface area is 112 Å². The third-order valence-electron chi connectivity index (χ3n) is 2.72. The predicted molar refractivity (Wildman–Crippen MR) is 71.9 cm³/mol. The summed E-state index contributed by atoms with van der Waals surface area (Å²) in [7, 11) is 0. The Morgan fingerprint density at radius 2 is 2.21 bits per heavy atom. The molecule has 0 aliphatic heterocycles. The van der Waals surface area contributed by atoms with Gasteiger partial charge in [0.2, 0.25) is 0 Å². The molecule has 0 unspecified atom stereocenters. The van der Waals surface area contributed by atoms with Crippen LogP contribution < -0.4 is 10.1 Å². The highest BCUT2D eigenvalue weighted by atomic mass is 16.5. The quantitative estimate of drug-likeness (QED) is 0.867. The van der Waals surface area contributed by atoms with E-state index in [1.54, 1.807) is 12.3 Å². The number of benzene rings is 1. The van der Waals surface area contributed by atoms with E-state index in [0.29, 0.717) is 12.3 Å². The fraction of sp³-hybridized carbons (Fsp3) is 0.267. The summed E-state index contributed by atoms with van der Waals surface area (Å²) in [4.78, 5) is 11.6. The van der Waals surface area contributed by atoms with Crippen LogP contribution in [0.2, 0.25) is 0 Å². The topological polar surface area (TPSA) is 51.5 Å². The highest BCUT2D eigenvalue weighted by Gasteiger charge is 2.04. The maximum absolute atomic E-state index is 11.6. The molecule has 19 heavy (non-hydrogen) atoms. The van der Waals surface area contributed by atoms with E-state index < -0.39 is 0 Å². The van der Waals surface area contributed by atoms with Crippen molar-refractivity contribution in [3.63, 3.8) is 0 Å². The summed E-state index contributed by atoms with van der Waals surface area (Å²) in [5.41, 5.74) is 1.19. The maximum atomic E-state index is 11.6. The fourth-order valence-corrected chi connectivity index (χ4v) is 1.65. The lowest BCUT2D eigenvalue weighted by Crippen LogP contribution is -2.28. The van der Waals surface area contributed by atoms with Gasteiger partial charge in [-0.2, -0.15) is 0 Å². The fourth-order valence-electron chi connectivity index (χ4n) is 1.65. The minimum atomic E-state index is -0.168. The summed E-state index contributed by atoms with van der Waals surface area (Å²) in [5.74, 6) is 1.27. The summed E-state index contributed by atoms with van der Waals surface area (Å²) in [6.45, 7) is 2.47. The molecule has 0 radical (unpaired) electrons. The van der Waals surface area contributed by atoms with Crippen molar-refractivity contribution in [2.45, 2.75) is 19.9 Å². The van der Waals surface area contributed by atoms with Crippen LogP contribution in [0.3, 0.4) is 0 Å². The van der Waals surface area contributed by atoms with E-state index >= 15 is 0 Å². The molecule has 1 heterocycles. The molecule has 4 heteroatoms. The molecule has 0 aliphatic rings. The van der Waals surface area contributed by atoms with Crippen LogP contribution in [0.15, 0.2) is 47.1 Å². The van der Waals surface area contributed by atoms with Crippen molar-refractivity contribution in [1.82, 2.24) is 5.32 Å². The van der Waals surface area contributed by atoms with Gasteiger partial charge in [0, 0.05) is 0 Å². The summed E-state index contributed by atoms with van der Waals surface area (Å²) < 4.78 is 10.6. The molecule has 1 N–H and O–H groups in total. The first kappa shape index (κ1) is 13.2. The van der Waals surface area contributed by atoms with Crippen molar-refractivity contribution in [2.75, 3.05) is 6.61 Å². The van der Waals surface area contributed by atoms with E-state index in [0.717, 1.165) is 12.2 Å². The van der Waals surface area contributed by atoms with Gasteiger partial charge >= 0.3 is 0 Å². The number of nitrogens with one attached hydrogen (secondary N) is 1. The third kappa shape index (κ3) is 4.17. The largest absolute Gasteiger partial charge is 0.484 e. The monoisotopic (exact) mass is 259 g/mol. The van der Waals surface area contributed by atoms with Crippen molar-refractivity contribution in [3.8, 4) is 5.75 Å². The molecule has 2 rings (SSSR count). The molecule has 0 saturated carbocycles. The van der Waals surface area contributed by atoms with E-state index in [2.05, 4.69) is 12.2 Å². The lowest BCUT2D eigenvalue weighted by molar-refractivity contribution is -0.123. The Morgan fingerprint density at radius 1 is 1.32 bits per heavy atom. The Hall–Kier alpha value is -2.23. The second-order valence-corrected chi connectivity index (χ2v) is 4.15. The molecule has 100 valence electrons. The SMILES string of the molecule is CCc1cccc(OCC(=O)NCc2ccco2)c1. The summed E-state index contributed by atoms with van der Waals surface area (Å²) in [5, 5.41) is 2.73. The molecule has 1 amide bonds. The van der Waals surface area contributed by atoms with Gasteiger partial charge in [0.15, 0.2) is 6.61 Å². The number of amides is 1. The van der Waals surface area contributed by atoms with Gasteiger partial charge in [-0.3, -0.25) is 4.79 Å². The molecular weight excluding hydrogens is 242 g/mol. The Bertz CT molecular complexity index is 520. The van der Waals surface area contributed by atoms with Gasteiger partial charge in [-0.1, -0.05) is 19.1 Å². The molecule has 0 saturated heterocycles. The van der Waals surface area contributed by atoms with Crippen molar-refractivity contribution in [3.05, 3.63) is 54.0 Å². The molecule has 4 nitrogen and oxygen atoms in total. The van der Waals surface area contributed by atoms with Crippen LogP contribution in [0.25, 0.3) is 0 Å². The first-order chi connectivity index (χ1) is 9.28. The average molecular weight is 259 g/mol. The van der Waals surface area contributed by atoms with Crippen LogP contribution in [0, 0.1) is 0 Å². The lowest BCUT2D eigenvalue weighted by Gasteiger charge is -2.07. The van der Waals surface area contributed by atoms with E-state index in [1.165, 1.54) is 5.56 Å². The zero-order chi connectivity index (χ0) is 13.5. The van der Waals surface area contributed by atoms with Gasteiger partial charge in [-0.25, -0.2) is 0 Å². The third-order valence-corrected chi connectivity index (χ3v) is 2.72. The molecule has 1 aromatic carbocycles. The van der Waals surface area contributed by atoms with Crippen molar-refractivity contribution in [1.29, 1.82) is 0 Å². The Balaban J connectivity index is 1.76. The zero-order valence-corrected chi connectivity index (χ0v) is 10.9. The predicted octanol–water partition coefficient (Wildman–Crippen LogP) is 2.54. The number of aryl methyl sites for hydroxylation is 1. The molecule has 0 fully saturated rings. The number of hydrogen-bond donors (Lipinski definition) is 1. The normalized spacial score (nSPS) is 10.2. The maximum Gasteiger partial charge on any atom is 0.258 e. The van der Waals surface area contributed by atoms with Crippen LogP contribution in [0.4, 0.5) is 0 Å². The molecule has 1 aromatic heterocycles. The average Bonchev–Trinajstić information content (AvgIpc) is 2.96. The van der Waals surface area contributed by atoms with Crippen LogP contribution >= 0.6 is 0 Å². The molecule has 0 spiro atoms. The number of rotatable bonds is 6. The molecule has 0 bridgehead atoms. The highest BCUT2D eigenvalue weighted by molar-refractivity contribution is 5.77. The Kier molecular flexibility index (Phi) is 4.61. The van der Waals surface area contributed by atoms with Gasteiger partial charge in [0.05, 0.1) is 12.8 Å². The van der Waals surface area contributed by atoms with Crippen LogP contribution in [0.1, 0.15) is 18.2 Å². The minimum absolute atomic E-state index is 0.00781. The van der Waals surface area contributed by atoms with Gasteiger partial charge in [-0.05, 0) is 36.2 Å². The zero-order valence-electron chi connectivity index (χ0n) is 10.9. The minimum Gasteiger partial charge on any atom is -0.484 e. The van der Waals surface area contributed by atoms with E-state index in [9.17, 15) is 4.79 Å². The van der Waals surface area contributed by atoms with E-state index in [4.69, 9.17) is 9.15 Å². The summed E-state index contributed by atoms with van der Waals surface area (Å²) >= 11 is 0. The van der Waals surface area contributed by atoms with Crippen molar-refractivity contribution in [2.24, 2.45) is 0 Å². The van der Waals surface area contributed by atoms with Crippen LogP contribution in [0.5, 0.6) is 5.75 Å². The number of ether oxygens (including phenoxy) is 1. The highest BCUT2D eigenvalue weighted by Crippen LogP contribution is 2.13. The molecule has 2 aromatic rings. The van der Waals surface area contributed by atoms with E-state index in [-0.39, 0.29) is 12.5 Å². The number of carbonyl (C=O) groups is 1. The second kappa shape index (κ2) is 6.64. The van der Waals surface area contributed by atoms with Gasteiger partial charge in [-0.15, -0.1) is 0 Å². The van der Waals surface area contributed by atoms with Gasteiger partial charge in [0.1, 0.15) is 11.5 Å².